The molecule has 0 aromatic carbocycles. The second kappa shape index (κ2) is 4.47. The van der Waals surface area contributed by atoms with Crippen LogP contribution in [0.5, 0.6) is 0 Å². The van der Waals surface area contributed by atoms with E-state index in [0.29, 0.717) is 5.91 Å². The van der Waals surface area contributed by atoms with Crippen LogP contribution in [0.1, 0.15) is 38.5 Å². The van der Waals surface area contributed by atoms with Gasteiger partial charge in [0.1, 0.15) is 0 Å². The fourth-order valence-electron chi connectivity index (χ4n) is 5.74. The van der Waals surface area contributed by atoms with E-state index in [-0.39, 0.29) is 0 Å². The van der Waals surface area contributed by atoms with Crippen LogP contribution in [0.2, 0.25) is 0 Å². The van der Waals surface area contributed by atoms with E-state index in [1.54, 1.807) is 0 Å². The van der Waals surface area contributed by atoms with Crippen molar-refractivity contribution in [1.82, 2.24) is 9.80 Å². The minimum atomic E-state index is 0.339. The maximum absolute atomic E-state index is 11.8. The molecule has 4 saturated carbocycles. The summed E-state index contributed by atoms with van der Waals surface area (Å²) in [5, 5.41) is 0. The summed E-state index contributed by atoms with van der Waals surface area (Å²) in [6, 6.07) is 0.812. The summed E-state index contributed by atoms with van der Waals surface area (Å²) >= 11 is 0. The molecule has 19 heavy (non-hydrogen) atoms. The van der Waals surface area contributed by atoms with E-state index in [2.05, 4.69) is 4.90 Å². The number of nitrogens with zero attached hydrogens (tertiary/aromatic N) is 2. The van der Waals surface area contributed by atoms with Gasteiger partial charge in [-0.3, -0.25) is 9.69 Å². The highest BCUT2D eigenvalue weighted by atomic mass is 16.2. The van der Waals surface area contributed by atoms with E-state index in [1.807, 2.05) is 11.9 Å². The minimum absolute atomic E-state index is 0.339. The number of carbonyl (C=O) groups excluding carboxylic acids is 1. The lowest BCUT2D eigenvalue weighted by molar-refractivity contribution is -0.129. The Morgan fingerprint density at radius 3 is 2.16 bits per heavy atom. The first-order chi connectivity index (χ1) is 9.20. The van der Waals surface area contributed by atoms with Crippen LogP contribution in [0.15, 0.2) is 0 Å². The molecule has 0 radical (unpaired) electrons. The van der Waals surface area contributed by atoms with E-state index >= 15 is 0 Å². The Bertz CT molecular complexity index is 353. The van der Waals surface area contributed by atoms with Gasteiger partial charge in [0.15, 0.2) is 0 Å². The smallest absolute Gasteiger partial charge is 0.223 e. The third kappa shape index (κ3) is 2.01. The van der Waals surface area contributed by atoms with Crippen LogP contribution >= 0.6 is 0 Å². The van der Waals surface area contributed by atoms with Gasteiger partial charge in [-0.05, 0) is 55.8 Å². The predicted octanol–water partition coefficient (Wildman–Crippen LogP) is 1.98. The van der Waals surface area contributed by atoms with Crippen LogP contribution in [0.4, 0.5) is 0 Å². The lowest BCUT2D eigenvalue weighted by Crippen LogP contribution is -2.56. The third-order valence-corrected chi connectivity index (χ3v) is 6.36. The third-order valence-electron chi connectivity index (χ3n) is 6.36. The number of hydrogen-bond donors (Lipinski definition) is 0. The van der Waals surface area contributed by atoms with Gasteiger partial charge >= 0.3 is 0 Å². The van der Waals surface area contributed by atoms with Gasteiger partial charge in [-0.15, -0.1) is 0 Å². The van der Waals surface area contributed by atoms with E-state index in [1.165, 1.54) is 32.1 Å². The van der Waals surface area contributed by atoms with Gasteiger partial charge in [-0.2, -0.15) is 0 Å². The van der Waals surface area contributed by atoms with Crippen molar-refractivity contribution >= 4 is 5.91 Å². The van der Waals surface area contributed by atoms with E-state index < -0.39 is 0 Å². The molecule has 5 rings (SSSR count). The molecule has 0 N–H and O–H groups in total. The van der Waals surface area contributed by atoms with Gasteiger partial charge < -0.3 is 4.90 Å². The first-order valence-corrected chi connectivity index (χ1v) is 8.18. The Balaban J connectivity index is 1.51. The van der Waals surface area contributed by atoms with Crippen LogP contribution in [0, 0.1) is 23.7 Å². The summed E-state index contributed by atoms with van der Waals surface area (Å²) < 4.78 is 0. The number of rotatable bonds is 1. The molecular weight excluding hydrogens is 236 g/mol. The van der Waals surface area contributed by atoms with Crippen molar-refractivity contribution in [3.63, 3.8) is 0 Å². The van der Waals surface area contributed by atoms with E-state index in [0.717, 1.165) is 55.8 Å². The molecule has 1 saturated heterocycles. The van der Waals surface area contributed by atoms with Gasteiger partial charge in [0.25, 0.3) is 0 Å². The molecule has 0 aromatic heterocycles. The van der Waals surface area contributed by atoms with E-state index in [9.17, 15) is 4.79 Å². The number of carbonyl (C=O) groups is 1. The van der Waals surface area contributed by atoms with Crippen molar-refractivity contribution < 1.29 is 4.79 Å². The zero-order valence-corrected chi connectivity index (χ0v) is 12.1. The maximum atomic E-state index is 11.8. The van der Waals surface area contributed by atoms with Gasteiger partial charge in [-0.1, -0.05) is 0 Å². The van der Waals surface area contributed by atoms with Crippen molar-refractivity contribution in [2.24, 2.45) is 23.7 Å². The molecule has 3 heteroatoms. The summed E-state index contributed by atoms with van der Waals surface area (Å²) in [5.41, 5.74) is 0. The summed E-state index contributed by atoms with van der Waals surface area (Å²) in [6.45, 7) is 3.05. The fraction of sp³-hybridized carbons (Fsp3) is 0.938. The summed E-state index contributed by atoms with van der Waals surface area (Å²) in [4.78, 5) is 16.5. The standard InChI is InChI=1S/C16H26N2O/c1-17-4-5-18(3-2-15(17)19)16-13-7-11-6-12(9-13)10-14(16)8-11/h11-14,16H,2-10H2,1H3. The molecule has 4 aliphatic carbocycles. The first kappa shape index (κ1) is 12.2. The maximum Gasteiger partial charge on any atom is 0.223 e. The van der Waals surface area contributed by atoms with Gasteiger partial charge in [0.2, 0.25) is 5.91 Å². The van der Waals surface area contributed by atoms with Crippen LogP contribution < -0.4 is 0 Å². The van der Waals surface area contributed by atoms with Gasteiger partial charge in [0.05, 0.1) is 0 Å². The molecule has 0 unspecified atom stereocenters. The highest BCUT2D eigenvalue weighted by Gasteiger charge is 2.50. The summed E-state index contributed by atoms with van der Waals surface area (Å²) in [5.74, 6) is 4.35. The van der Waals surface area contributed by atoms with Crippen molar-refractivity contribution in [2.45, 2.75) is 44.6 Å². The molecule has 106 valence electrons. The molecule has 0 spiro atoms. The minimum Gasteiger partial charge on any atom is -0.344 e. The molecule has 4 bridgehead atoms. The highest BCUT2D eigenvalue weighted by molar-refractivity contribution is 5.76. The molecule has 5 fully saturated rings. The summed E-state index contributed by atoms with van der Waals surface area (Å²) in [7, 11) is 1.96. The zero-order chi connectivity index (χ0) is 13.0. The average Bonchev–Trinajstić information content (AvgIpc) is 2.53. The van der Waals surface area contributed by atoms with Crippen molar-refractivity contribution in [1.29, 1.82) is 0 Å². The first-order valence-electron chi connectivity index (χ1n) is 8.18. The highest BCUT2D eigenvalue weighted by Crippen LogP contribution is 2.55. The molecular formula is C16H26N2O. The monoisotopic (exact) mass is 262 g/mol. The largest absolute Gasteiger partial charge is 0.344 e. The molecule has 1 aliphatic heterocycles. The predicted molar refractivity (Wildman–Crippen MR) is 74.7 cm³/mol. The van der Waals surface area contributed by atoms with Crippen LogP contribution in [0.25, 0.3) is 0 Å². The second-order valence-electron chi connectivity index (χ2n) is 7.52. The molecule has 0 aromatic rings. The van der Waals surface area contributed by atoms with E-state index in [4.69, 9.17) is 0 Å². The number of likely N-dealkylation sites (N-methyl/N-ethyl adjacent to an activating group) is 1. The van der Waals surface area contributed by atoms with Gasteiger partial charge in [-0.25, -0.2) is 0 Å². The zero-order valence-electron chi connectivity index (χ0n) is 12.1. The molecule has 1 amide bonds. The fourth-order valence-corrected chi connectivity index (χ4v) is 5.74. The topological polar surface area (TPSA) is 23.6 Å². The van der Waals surface area contributed by atoms with Crippen LogP contribution in [-0.2, 0) is 4.79 Å². The SMILES string of the molecule is CN1CCN(C2C3CC4CC(C3)CC2C4)CCC1=O. The Kier molecular flexibility index (Phi) is 2.87. The Morgan fingerprint density at radius 2 is 1.53 bits per heavy atom. The average molecular weight is 262 g/mol. The van der Waals surface area contributed by atoms with Crippen LogP contribution in [-0.4, -0.2) is 48.4 Å². The number of amides is 1. The Labute approximate surface area is 116 Å². The molecule has 0 atom stereocenters. The quantitative estimate of drug-likeness (QED) is 0.721. The van der Waals surface area contributed by atoms with Gasteiger partial charge in [0, 0.05) is 39.1 Å². The number of hydrogen-bond acceptors (Lipinski definition) is 2. The van der Waals surface area contributed by atoms with Crippen molar-refractivity contribution in [3.8, 4) is 0 Å². The van der Waals surface area contributed by atoms with Crippen molar-refractivity contribution in [2.75, 3.05) is 26.7 Å². The van der Waals surface area contributed by atoms with Crippen LogP contribution in [0.3, 0.4) is 0 Å². The normalized spacial score (nSPS) is 46.7. The Hall–Kier alpha value is -0.570. The summed E-state index contributed by atoms with van der Waals surface area (Å²) in [6.07, 6.45) is 8.20. The Morgan fingerprint density at radius 1 is 0.895 bits per heavy atom. The molecule has 3 nitrogen and oxygen atoms in total. The molecule has 5 aliphatic rings. The van der Waals surface area contributed by atoms with Crippen molar-refractivity contribution in [3.05, 3.63) is 0 Å². The lowest BCUT2D eigenvalue weighted by atomic mass is 9.54. The molecule has 1 heterocycles. The lowest BCUT2D eigenvalue weighted by Gasteiger charge is -2.57. The second-order valence-corrected chi connectivity index (χ2v) is 7.52.